The predicted molar refractivity (Wildman–Crippen MR) is 49.2 cm³/mol. The van der Waals surface area contributed by atoms with Crippen LogP contribution in [0, 0.1) is 0 Å². The summed E-state index contributed by atoms with van der Waals surface area (Å²) < 4.78 is 10.8. The number of hydrogen-bond acceptors (Lipinski definition) is 1. The normalized spacial score (nSPS) is 12.9. The Balaban J connectivity index is 2.86. The third kappa shape index (κ3) is 2.64. The second kappa shape index (κ2) is 3.88. The lowest BCUT2D eigenvalue weighted by Crippen LogP contribution is -1.92. The largest absolute Gasteiger partial charge is 0.260 e. The Labute approximate surface area is 73.8 Å². The maximum absolute atomic E-state index is 10.8. The van der Waals surface area contributed by atoms with Crippen LogP contribution in [0.2, 0.25) is 5.02 Å². The van der Waals surface area contributed by atoms with Gasteiger partial charge in [0.05, 0.1) is 0 Å². The highest BCUT2D eigenvalue weighted by molar-refractivity contribution is 7.83. The zero-order chi connectivity index (χ0) is 8.27. The molecule has 0 amide bonds. The topological polar surface area (TPSA) is 17.1 Å². The fourth-order valence-electron chi connectivity index (χ4n) is 0.834. The molecule has 1 aromatic rings. The Morgan fingerprint density at radius 1 is 1.45 bits per heavy atom. The Morgan fingerprint density at radius 3 is 2.64 bits per heavy atom. The molecule has 0 N–H and O–H groups in total. The van der Waals surface area contributed by atoms with Crippen molar-refractivity contribution in [3.05, 3.63) is 34.9 Å². The fraction of sp³-hybridized carbons (Fsp3) is 0.250. The van der Waals surface area contributed by atoms with E-state index in [-0.39, 0.29) is 0 Å². The third-order valence-electron chi connectivity index (χ3n) is 1.32. The lowest BCUT2D eigenvalue weighted by atomic mass is 10.2. The summed E-state index contributed by atoms with van der Waals surface area (Å²) in [6.45, 7) is 0. The van der Waals surface area contributed by atoms with E-state index >= 15 is 0 Å². The average Bonchev–Trinajstić information content (AvgIpc) is 1.93. The van der Waals surface area contributed by atoms with E-state index in [1.54, 1.807) is 6.26 Å². The molecule has 0 heterocycles. The van der Waals surface area contributed by atoms with Gasteiger partial charge in [-0.05, 0) is 11.6 Å². The van der Waals surface area contributed by atoms with E-state index < -0.39 is 10.8 Å². The fourth-order valence-corrected chi connectivity index (χ4v) is 1.81. The van der Waals surface area contributed by atoms with E-state index in [9.17, 15) is 4.21 Å². The minimum atomic E-state index is -0.811. The Hall–Kier alpha value is -0.340. The lowest BCUT2D eigenvalue weighted by molar-refractivity contribution is 0.686. The van der Waals surface area contributed by atoms with Crippen molar-refractivity contribution in [1.29, 1.82) is 0 Å². The molecule has 3 heteroatoms. The van der Waals surface area contributed by atoms with Gasteiger partial charge in [-0.2, -0.15) is 0 Å². The predicted octanol–water partition coefficient (Wildman–Crippen LogP) is 2.22. The first-order chi connectivity index (χ1) is 5.20. The molecule has 1 nitrogen and oxygen atoms in total. The van der Waals surface area contributed by atoms with Crippen LogP contribution in [0.25, 0.3) is 0 Å². The summed E-state index contributed by atoms with van der Waals surface area (Å²) in [6.07, 6.45) is 1.67. The van der Waals surface area contributed by atoms with Crippen molar-refractivity contribution in [3.63, 3.8) is 0 Å². The molecule has 1 unspecified atom stereocenters. The van der Waals surface area contributed by atoms with E-state index in [0.29, 0.717) is 10.8 Å². The second-order valence-electron chi connectivity index (χ2n) is 2.31. The molecule has 1 rings (SSSR count). The van der Waals surface area contributed by atoms with Gasteiger partial charge in [0, 0.05) is 27.8 Å². The highest BCUT2D eigenvalue weighted by Gasteiger charge is 1.99. The molecule has 11 heavy (non-hydrogen) atoms. The maximum atomic E-state index is 10.8. The van der Waals surface area contributed by atoms with Crippen molar-refractivity contribution in [3.8, 4) is 0 Å². The van der Waals surface area contributed by atoms with Crippen molar-refractivity contribution >= 4 is 22.4 Å². The van der Waals surface area contributed by atoms with Crippen molar-refractivity contribution in [2.45, 2.75) is 5.75 Å². The summed E-state index contributed by atoms with van der Waals surface area (Å²) in [5, 5.41) is 0.697. The molecular weight excluding hydrogens is 180 g/mol. The second-order valence-corrected chi connectivity index (χ2v) is 4.15. The van der Waals surface area contributed by atoms with E-state index in [1.165, 1.54) is 0 Å². The van der Waals surface area contributed by atoms with Crippen LogP contribution >= 0.6 is 11.6 Å². The molecule has 0 spiro atoms. The maximum Gasteiger partial charge on any atom is 0.0497 e. The molecule has 60 valence electrons. The highest BCUT2D eigenvalue weighted by atomic mass is 35.5. The quantitative estimate of drug-likeness (QED) is 0.696. The lowest BCUT2D eigenvalue weighted by Gasteiger charge is -1.99. The first-order valence-electron chi connectivity index (χ1n) is 3.23. The molecule has 0 aliphatic carbocycles. The van der Waals surface area contributed by atoms with Gasteiger partial charge in [0.1, 0.15) is 0 Å². The van der Waals surface area contributed by atoms with Crippen LogP contribution in [0.1, 0.15) is 5.56 Å². The van der Waals surface area contributed by atoms with Gasteiger partial charge >= 0.3 is 0 Å². The zero-order valence-corrected chi connectivity index (χ0v) is 7.78. The number of benzene rings is 1. The Bertz CT molecular complexity index is 273. The van der Waals surface area contributed by atoms with E-state index in [0.717, 1.165) is 5.56 Å². The minimum Gasteiger partial charge on any atom is -0.260 e. The van der Waals surface area contributed by atoms with Gasteiger partial charge in [0.25, 0.3) is 0 Å². The average molecular weight is 189 g/mol. The minimum absolute atomic E-state index is 0.541. The summed E-state index contributed by atoms with van der Waals surface area (Å²) in [5.41, 5.74) is 0.954. The monoisotopic (exact) mass is 188 g/mol. The summed E-state index contributed by atoms with van der Waals surface area (Å²) in [4.78, 5) is 0. The smallest absolute Gasteiger partial charge is 0.0497 e. The van der Waals surface area contributed by atoms with Gasteiger partial charge in [-0.25, -0.2) is 0 Å². The van der Waals surface area contributed by atoms with Crippen molar-refractivity contribution in [1.82, 2.24) is 0 Å². The molecule has 0 saturated heterocycles. The van der Waals surface area contributed by atoms with E-state index in [4.69, 9.17) is 11.6 Å². The molecular formula is C8H9ClOS. The first-order valence-corrected chi connectivity index (χ1v) is 5.34. The van der Waals surface area contributed by atoms with Crippen LogP contribution in [-0.2, 0) is 16.6 Å². The van der Waals surface area contributed by atoms with Gasteiger partial charge in [0.15, 0.2) is 0 Å². The first kappa shape index (κ1) is 8.75. The van der Waals surface area contributed by atoms with Crippen LogP contribution in [0.15, 0.2) is 24.3 Å². The molecule has 0 bridgehead atoms. The van der Waals surface area contributed by atoms with Crippen molar-refractivity contribution in [2.24, 2.45) is 0 Å². The Morgan fingerprint density at radius 2 is 2.09 bits per heavy atom. The summed E-state index contributed by atoms with van der Waals surface area (Å²) in [5.74, 6) is 0.541. The van der Waals surface area contributed by atoms with Crippen LogP contribution < -0.4 is 0 Å². The summed E-state index contributed by atoms with van der Waals surface area (Å²) in [6, 6.07) is 7.46. The van der Waals surface area contributed by atoms with E-state index in [2.05, 4.69) is 0 Å². The van der Waals surface area contributed by atoms with E-state index in [1.807, 2.05) is 24.3 Å². The number of halogens is 1. The van der Waals surface area contributed by atoms with Crippen LogP contribution in [0.5, 0.6) is 0 Å². The van der Waals surface area contributed by atoms with Crippen molar-refractivity contribution in [2.75, 3.05) is 6.26 Å². The Kier molecular flexibility index (Phi) is 3.09. The molecule has 1 aromatic carbocycles. The molecule has 0 aliphatic rings. The van der Waals surface area contributed by atoms with Crippen molar-refractivity contribution < 1.29 is 4.21 Å². The molecule has 0 radical (unpaired) electrons. The molecule has 0 aromatic heterocycles. The van der Waals surface area contributed by atoms with Gasteiger partial charge in [-0.15, -0.1) is 0 Å². The summed E-state index contributed by atoms with van der Waals surface area (Å²) in [7, 11) is -0.811. The molecule has 0 fully saturated rings. The number of rotatable bonds is 2. The third-order valence-corrected chi connectivity index (χ3v) is 2.40. The van der Waals surface area contributed by atoms with Gasteiger partial charge in [-0.3, -0.25) is 4.21 Å². The zero-order valence-electron chi connectivity index (χ0n) is 6.21. The summed E-state index contributed by atoms with van der Waals surface area (Å²) >= 11 is 5.83. The highest BCUT2D eigenvalue weighted by Crippen LogP contribution is 2.15. The van der Waals surface area contributed by atoms with Gasteiger partial charge in [-0.1, -0.05) is 29.8 Å². The van der Waals surface area contributed by atoms with Crippen LogP contribution in [0.4, 0.5) is 0 Å². The molecule has 0 aliphatic heterocycles. The number of hydrogen-bond donors (Lipinski definition) is 0. The standard InChI is InChI=1S/C8H9ClOS/c1-11(10)6-7-4-2-3-5-8(7)9/h2-5H,6H2,1H3. The van der Waals surface area contributed by atoms with Crippen LogP contribution in [-0.4, -0.2) is 10.5 Å². The SMILES string of the molecule is CS(=O)Cc1ccccc1Cl. The molecule has 0 saturated carbocycles. The molecule has 1 atom stereocenters. The van der Waals surface area contributed by atoms with Gasteiger partial charge in [0.2, 0.25) is 0 Å². The van der Waals surface area contributed by atoms with Gasteiger partial charge < -0.3 is 0 Å². The van der Waals surface area contributed by atoms with Crippen LogP contribution in [0.3, 0.4) is 0 Å².